The van der Waals surface area contributed by atoms with E-state index in [2.05, 4.69) is 36.8 Å². The topological polar surface area (TPSA) is 56.0 Å². The Bertz CT molecular complexity index is 289. The number of aromatic nitrogens is 1. The molecular weight excluding hydrogens is 292 g/mol. The first-order chi connectivity index (χ1) is 5.55. The third-order valence-corrected chi connectivity index (χ3v) is 2.73. The molecule has 64 valence electrons. The highest BCUT2D eigenvalue weighted by Gasteiger charge is 2.38. The molecule has 0 bridgehead atoms. The van der Waals surface area contributed by atoms with E-state index in [0.29, 0.717) is 5.56 Å². The summed E-state index contributed by atoms with van der Waals surface area (Å²) < 4.78 is -1.42. The molecule has 0 unspecified atom stereocenters. The van der Waals surface area contributed by atoms with Gasteiger partial charge in [-0.2, -0.15) is 0 Å². The van der Waals surface area contributed by atoms with Gasteiger partial charge < -0.3 is 0 Å². The molecule has 0 radical (unpaired) electrons. The average Bonchev–Trinajstić information content (AvgIpc) is 2.06. The monoisotopic (exact) mass is 294 g/mol. The number of hydrogen-bond donors (Lipinski definition) is 0. The fourth-order valence-corrected chi connectivity index (χ4v) is 1.12. The van der Waals surface area contributed by atoms with Gasteiger partial charge in [-0.05, 0) is 12.1 Å². The van der Waals surface area contributed by atoms with E-state index in [1.807, 2.05) is 0 Å². The third-order valence-electron chi connectivity index (χ3n) is 1.24. The van der Waals surface area contributed by atoms with Crippen molar-refractivity contribution in [3.05, 3.63) is 40.2 Å². The van der Waals surface area contributed by atoms with Gasteiger partial charge in [0.1, 0.15) is 0 Å². The van der Waals surface area contributed by atoms with Crippen LogP contribution in [0.25, 0.3) is 0 Å². The minimum Gasteiger partial charge on any atom is -0.264 e. The van der Waals surface area contributed by atoms with Crippen LogP contribution >= 0.6 is 31.9 Å². The van der Waals surface area contributed by atoms with Crippen molar-refractivity contribution in [2.24, 2.45) is 0 Å². The molecule has 1 rings (SSSR count). The molecule has 0 aromatic carbocycles. The summed E-state index contributed by atoms with van der Waals surface area (Å²) in [6, 6.07) is 3.25. The summed E-state index contributed by atoms with van der Waals surface area (Å²) in [5.41, 5.74) is 0.454. The van der Waals surface area contributed by atoms with Crippen molar-refractivity contribution < 1.29 is 4.92 Å². The Morgan fingerprint density at radius 3 is 2.67 bits per heavy atom. The van der Waals surface area contributed by atoms with E-state index in [4.69, 9.17) is 0 Å². The Kier molecular flexibility index (Phi) is 2.79. The van der Waals surface area contributed by atoms with E-state index in [0.717, 1.165) is 0 Å². The first kappa shape index (κ1) is 9.60. The highest BCUT2D eigenvalue weighted by atomic mass is 79.9. The molecule has 0 amide bonds. The Hall–Kier alpha value is -0.490. The van der Waals surface area contributed by atoms with Gasteiger partial charge in [-0.1, -0.05) is 0 Å². The number of nitrogens with zero attached hydrogens (tertiary/aromatic N) is 2. The largest absolute Gasteiger partial charge is 0.353 e. The maximum absolute atomic E-state index is 10.5. The molecule has 12 heavy (non-hydrogen) atoms. The van der Waals surface area contributed by atoms with Crippen LogP contribution in [0.2, 0.25) is 0 Å². The van der Waals surface area contributed by atoms with Crippen molar-refractivity contribution in [1.29, 1.82) is 0 Å². The minimum atomic E-state index is -1.42. The smallest absolute Gasteiger partial charge is 0.264 e. The van der Waals surface area contributed by atoms with E-state index in [1.54, 1.807) is 18.3 Å². The van der Waals surface area contributed by atoms with Crippen LogP contribution in [0.1, 0.15) is 5.56 Å². The normalized spacial score (nSPS) is 11.2. The van der Waals surface area contributed by atoms with Crippen molar-refractivity contribution in [3.63, 3.8) is 0 Å². The average molecular weight is 296 g/mol. The van der Waals surface area contributed by atoms with Gasteiger partial charge in [0.25, 0.3) is 0 Å². The van der Waals surface area contributed by atoms with Crippen molar-refractivity contribution in [1.82, 2.24) is 4.98 Å². The molecule has 6 heteroatoms. The van der Waals surface area contributed by atoms with E-state index >= 15 is 0 Å². The van der Waals surface area contributed by atoms with Crippen LogP contribution in [0, 0.1) is 10.1 Å². The lowest BCUT2D eigenvalue weighted by atomic mass is 10.3. The first-order valence-corrected chi connectivity index (χ1v) is 4.56. The molecule has 1 aromatic rings. The van der Waals surface area contributed by atoms with Crippen LogP contribution in [-0.4, -0.2) is 9.91 Å². The second-order valence-electron chi connectivity index (χ2n) is 2.04. The lowest BCUT2D eigenvalue weighted by Gasteiger charge is -2.10. The zero-order chi connectivity index (χ0) is 9.19. The third kappa shape index (κ3) is 1.81. The van der Waals surface area contributed by atoms with Crippen molar-refractivity contribution in [3.8, 4) is 0 Å². The molecular formula is C6H4Br2N2O2. The highest BCUT2D eigenvalue weighted by molar-refractivity contribution is 9.24. The Morgan fingerprint density at radius 2 is 2.25 bits per heavy atom. The second kappa shape index (κ2) is 3.49. The predicted molar refractivity (Wildman–Crippen MR) is 50.8 cm³/mol. The van der Waals surface area contributed by atoms with Crippen LogP contribution in [0.4, 0.5) is 0 Å². The molecule has 0 atom stereocenters. The van der Waals surface area contributed by atoms with E-state index < -0.39 is 8.28 Å². The predicted octanol–water partition coefficient (Wildman–Crippen LogP) is 2.26. The molecule has 0 saturated heterocycles. The lowest BCUT2D eigenvalue weighted by molar-refractivity contribution is -0.510. The fraction of sp³-hybridized carbons (Fsp3) is 0.167. The van der Waals surface area contributed by atoms with Crippen molar-refractivity contribution >= 4 is 31.9 Å². The van der Waals surface area contributed by atoms with Crippen molar-refractivity contribution in [2.45, 2.75) is 3.36 Å². The van der Waals surface area contributed by atoms with E-state index in [1.165, 1.54) is 6.20 Å². The summed E-state index contributed by atoms with van der Waals surface area (Å²) in [6.07, 6.45) is 2.98. The van der Waals surface area contributed by atoms with Gasteiger partial charge in [-0.3, -0.25) is 15.1 Å². The van der Waals surface area contributed by atoms with Gasteiger partial charge in [0, 0.05) is 44.3 Å². The number of halogens is 2. The first-order valence-electron chi connectivity index (χ1n) is 2.98. The number of hydrogen-bond acceptors (Lipinski definition) is 3. The van der Waals surface area contributed by atoms with Crippen LogP contribution in [-0.2, 0) is 3.36 Å². The summed E-state index contributed by atoms with van der Waals surface area (Å²) in [4.78, 5) is 13.8. The number of pyridine rings is 1. The van der Waals surface area contributed by atoms with Gasteiger partial charge in [-0.15, -0.1) is 0 Å². The number of nitro groups is 1. The van der Waals surface area contributed by atoms with E-state index in [9.17, 15) is 10.1 Å². The lowest BCUT2D eigenvalue weighted by Crippen LogP contribution is -2.20. The highest BCUT2D eigenvalue weighted by Crippen LogP contribution is 2.37. The molecule has 0 fully saturated rings. The maximum Gasteiger partial charge on any atom is 0.353 e. The standard InChI is InChI=1S/C6H4Br2N2O2/c7-6(8,10(11)12)5-2-1-3-9-4-5/h1-4H. The van der Waals surface area contributed by atoms with Crippen LogP contribution in [0.5, 0.6) is 0 Å². The van der Waals surface area contributed by atoms with Gasteiger partial charge in [0.2, 0.25) is 0 Å². The Balaban J connectivity index is 3.06. The van der Waals surface area contributed by atoms with Gasteiger partial charge in [0.05, 0.1) is 10.5 Å². The number of rotatable bonds is 2. The van der Waals surface area contributed by atoms with Crippen molar-refractivity contribution in [2.75, 3.05) is 0 Å². The molecule has 0 saturated carbocycles. The minimum absolute atomic E-state index is 0.454. The van der Waals surface area contributed by atoms with Gasteiger partial charge in [0.15, 0.2) is 0 Å². The quantitative estimate of drug-likeness (QED) is 0.364. The molecule has 1 heterocycles. The molecule has 0 N–H and O–H groups in total. The Morgan fingerprint density at radius 1 is 1.58 bits per heavy atom. The zero-order valence-electron chi connectivity index (χ0n) is 5.78. The number of alkyl halides is 2. The summed E-state index contributed by atoms with van der Waals surface area (Å²) in [7, 11) is 0. The second-order valence-corrected chi connectivity index (χ2v) is 5.40. The molecule has 1 aromatic heterocycles. The molecule has 0 aliphatic rings. The molecule has 0 aliphatic heterocycles. The van der Waals surface area contributed by atoms with Crippen LogP contribution < -0.4 is 0 Å². The van der Waals surface area contributed by atoms with Crippen LogP contribution in [0.3, 0.4) is 0 Å². The van der Waals surface area contributed by atoms with Crippen LogP contribution in [0.15, 0.2) is 24.5 Å². The molecule has 4 nitrogen and oxygen atoms in total. The zero-order valence-corrected chi connectivity index (χ0v) is 8.95. The SMILES string of the molecule is O=[N+]([O-])C(Br)(Br)c1cccnc1. The summed E-state index contributed by atoms with van der Waals surface area (Å²) in [5.74, 6) is 0. The van der Waals surface area contributed by atoms with Gasteiger partial charge >= 0.3 is 3.36 Å². The summed E-state index contributed by atoms with van der Waals surface area (Å²) >= 11 is 5.86. The fourth-order valence-electron chi connectivity index (χ4n) is 0.646. The maximum atomic E-state index is 10.5. The van der Waals surface area contributed by atoms with E-state index in [-0.39, 0.29) is 0 Å². The molecule has 0 spiro atoms. The molecule has 0 aliphatic carbocycles. The Labute approximate surface area is 85.4 Å². The summed E-state index contributed by atoms with van der Waals surface area (Å²) in [6.45, 7) is 0. The van der Waals surface area contributed by atoms with Gasteiger partial charge in [-0.25, -0.2) is 0 Å². The summed E-state index contributed by atoms with van der Waals surface area (Å²) in [5, 5.41) is 10.5.